The molecule has 92 valence electrons. The van der Waals surface area contributed by atoms with E-state index in [2.05, 4.69) is 0 Å². The van der Waals surface area contributed by atoms with Gasteiger partial charge < -0.3 is 0 Å². The van der Waals surface area contributed by atoms with E-state index < -0.39 is 0 Å². The highest BCUT2D eigenvalue weighted by atomic mass is 16.1. The Morgan fingerprint density at radius 2 is 1.26 bits per heavy atom. The lowest BCUT2D eigenvalue weighted by Crippen LogP contribution is -2.01. The van der Waals surface area contributed by atoms with Crippen LogP contribution in [-0.2, 0) is 6.42 Å². The summed E-state index contributed by atoms with van der Waals surface area (Å²) in [6.45, 7) is 0. The summed E-state index contributed by atoms with van der Waals surface area (Å²) in [7, 11) is 0. The van der Waals surface area contributed by atoms with Crippen LogP contribution < -0.4 is 0 Å². The van der Waals surface area contributed by atoms with Crippen molar-refractivity contribution in [1.82, 2.24) is 0 Å². The predicted octanol–water partition coefficient (Wildman–Crippen LogP) is 4.22. The molecule has 0 aromatic heterocycles. The van der Waals surface area contributed by atoms with Crippen LogP contribution in [0.2, 0.25) is 0 Å². The molecule has 0 amide bonds. The third kappa shape index (κ3) is 2.55. The topological polar surface area (TPSA) is 17.1 Å². The molecule has 0 saturated heterocycles. The maximum absolute atomic E-state index is 12.3. The Balaban J connectivity index is 1.89. The van der Waals surface area contributed by atoms with Crippen LogP contribution in [0.5, 0.6) is 0 Å². The summed E-state index contributed by atoms with van der Waals surface area (Å²) in [5.41, 5.74) is 4.08. The summed E-state index contributed by atoms with van der Waals surface area (Å²) in [6, 6.07) is 23.9. The Morgan fingerprint density at radius 3 is 1.84 bits per heavy atom. The molecule has 0 heterocycles. The van der Waals surface area contributed by atoms with Crippen LogP contribution in [0.3, 0.4) is 0 Å². The lowest BCUT2D eigenvalue weighted by atomic mass is 10.1. The molecule has 1 aromatic rings. The van der Waals surface area contributed by atoms with Crippen LogP contribution in [0, 0.1) is 0 Å². The fourth-order valence-corrected chi connectivity index (χ4v) is 2.26. The Kier molecular flexibility index (Phi) is 3.11. The molecule has 0 atom stereocenters. The van der Waals surface area contributed by atoms with Gasteiger partial charge in [-0.05, 0) is 28.8 Å². The van der Waals surface area contributed by atoms with Gasteiger partial charge in [0, 0.05) is 12.0 Å². The summed E-state index contributed by atoms with van der Waals surface area (Å²) in [4.78, 5) is 12.3. The number of carbonyl (C=O) groups is 1. The lowest BCUT2D eigenvalue weighted by Gasteiger charge is -1.98. The summed E-state index contributed by atoms with van der Waals surface area (Å²) in [6.07, 6.45) is 0.462. The van der Waals surface area contributed by atoms with E-state index in [9.17, 15) is 4.79 Å². The van der Waals surface area contributed by atoms with Gasteiger partial charge in [-0.15, -0.1) is 0 Å². The highest BCUT2D eigenvalue weighted by Crippen LogP contribution is 2.25. The predicted molar refractivity (Wildman–Crippen MR) is 77.5 cm³/mol. The van der Waals surface area contributed by atoms with Gasteiger partial charge >= 0.3 is 0 Å². The molecular weight excluding hydrogens is 232 g/mol. The first-order chi connectivity index (χ1) is 9.33. The first-order valence-electron chi connectivity index (χ1n) is 6.39. The lowest BCUT2D eigenvalue weighted by molar-refractivity contribution is 0.0993. The van der Waals surface area contributed by atoms with Crippen molar-refractivity contribution in [2.45, 2.75) is 6.42 Å². The summed E-state index contributed by atoms with van der Waals surface area (Å²) in [5.74, 6) is 0.171. The van der Waals surface area contributed by atoms with Crippen molar-refractivity contribution in [1.29, 1.82) is 0 Å². The van der Waals surface area contributed by atoms with Gasteiger partial charge in [-0.2, -0.15) is 0 Å². The van der Waals surface area contributed by atoms with Crippen LogP contribution in [0.25, 0.3) is 11.1 Å². The van der Waals surface area contributed by atoms with Crippen molar-refractivity contribution < 1.29 is 4.79 Å². The van der Waals surface area contributed by atoms with Gasteiger partial charge in [-0.3, -0.25) is 4.79 Å². The second-order valence-corrected chi connectivity index (χ2v) is 4.65. The average Bonchev–Trinajstić information content (AvgIpc) is 2.72. The number of carbonyl (C=O) groups excluding carboxylic acids is 1. The van der Waals surface area contributed by atoms with Gasteiger partial charge in [0.2, 0.25) is 0 Å². The third-order valence-corrected chi connectivity index (χ3v) is 3.26. The number of rotatable bonds is 3. The molecule has 0 N–H and O–H groups in total. The average molecular weight is 246 g/mol. The molecule has 19 heavy (non-hydrogen) atoms. The van der Waals surface area contributed by atoms with Crippen LogP contribution in [0.1, 0.15) is 15.9 Å². The third-order valence-electron chi connectivity index (χ3n) is 3.26. The van der Waals surface area contributed by atoms with Gasteiger partial charge in [0.1, 0.15) is 0 Å². The van der Waals surface area contributed by atoms with E-state index in [-0.39, 0.29) is 5.78 Å². The number of benzene rings is 1. The molecule has 0 radical (unpaired) electrons. The van der Waals surface area contributed by atoms with E-state index in [1.54, 1.807) is 0 Å². The zero-order valence-corrected chi connectivity index (χ0v) is 10.5. The van der Waals surface area contributed by atoms with Crippen molar-refractivity contribution in [2.75, 3.05) is 0 Å². The van der Waals surface area contributed by atoms with E-state index in [0.717, 1.165) is 22.3 Å². The Morgan fingerprint density at radius 1 is 0.737 bits per heavy atom. The molecule has 0 bridgehead atoms. The molecule has 0 unspecified atom stereocenters. The van der Waals surface area contributed by atoms with Gasteiger partial charge in [0.05, 0.1) is 0 Å². The minimum Gasteiger partial charge on any atom is -0.294 e. The van der Waals surface area contributed by atoms with E-state index in [4.69, 9.17) is 0 Å². The highest BCUT2D eigenvalue weighted by molar-refractivity contribution is 6.00. The van der Waals surface area contributed by atoms with Gasteiger partial charge in [-0.1, -0.05) is 60.7 Å². The van der Waals surface area contributed by atoms with Crippen molar-refractivity contribution in [3.63, 3.8) is 0 Å². The number of Topliss-reactive ketones (excluding diaryl/α,β-unsaturated/α-hetero) is 1. The van der Waals surface area contributed by atoms with E-state index in [1.807, 2.05) is 72.8 Å². The Labute approximate surface area is 112 Å². The second kappa shape index (κ2) is 5.07. The highest BCUT2D eigenvalue weighted by Gasteiger charge is 2.12. The molecule has 3 rings (SSSR count). The van der Waals surface area contributed by atoms with Crippen LogP contribution in [0.15, 0.2) is 72.8 Å². The molecule has 2 aliphatic carbocycles. The molecule has 1 nitrogen and oxygen atoms in total. The summed E-state index contributed by atoms with van der Waals surface area (Å²) < 4.78 is 0. The maximum atomic E-state index is 12.3. The first kappa shape index (κ1) is 11.7. The van der Waals surface area contributed by atoms with Crippen molar-refractivity contribution in [2.24, 2.45) is 0 Å². The maximum Gasteiger partial charge on any atom is 0.167 e. The van der Waals surface area contributed by atoms with E-state index in [0.29, 0.717) is 6.42 Å². The van der Waals surface area contributed by atoms with E-state index in [1.165, 1.54) is 0 Å². The summed E-state index contributed by atoms with van der Waals surface area (Å²) >= 11 is 0. The fourth-order valence-electron chi connectivity index (χ4n) is 2.26. The standard InChI is InChI=1S/C18H14O/c19-18(11-14-7-3-1-4-8-14)17-12-15-9-5-2-6-10-16(15)13-17/h1-10,12-13H,11H2. The van der Waals surface area contributed by atoms with Gasteiger partial charge in [0.15, 0.2) is 5.78 Å². The Hall–Kier alpha value is -2.41. The number of hydrogen-bond acceptors (Lipinski definition) is 1. The summed E-state index contributed by atoms with van der Waals surface area (Å²) in [5, 5.41) is 0. The smallest absolute Gasteiger partial charge is 0.167 e. The minimum absolute atomic E-state index is 0.171. The number of fused-ring (bicyclic) bond motifs is 1. The molecule has 0 spiro atoms. The number of ketones is 1. The van der Waals surface area contributed by atoms with Gasteiger partial charge in [0.25, 0.3) is 0 Å². The van der Waals surface area contributed by atoms with Crippen molar-refractivity contribution in [3.05, 3.63) is 83.9 Å². The molecule has 0 saturated carbocycles. The Bertz CT molecular complexity index is 640. The molecule has 1 aromatic carbocycles. The second-order valence-electron chi connectivity index (χ2n) is 4.65. The normalized spacial score (nSPS) is 10.5. The SMILES string of the molecule is O=C(Cc1ccccc1)c1cc2cccccc-2c1. The van der Waals surface area contributed by atoms with Crippen LogP contribution in [0.4, 0.5) is 0 Å². The quantitative estimate of drug-likeness (QED) is 0.632. The number of hydrogen-bond donors (Lipinski definition) is 0. The van der Waals surface area contributed by atoms with Crippen LogP contribution in [-0.4, -0.2) is 5.78 Å². The monoisotopic (exact) mass is 246 g/mol. The van der Waals surface area contributed by atoms with Crippen molar-refractivity contribution >= 4 is 5.78 Å². The zero-order chi connectivity index (χ0) is 13.1. The van der Waals surface area contributed by atoms with E-state index >= 15 is 0 Å². The molecule has 1 heteroatoms. The largest absolute Gasteiger partial charge is 0.294 e. The zero-order valence-electron chi connectivity index (χ0n) is 10.5. The molecular formula is C18H14O. The van der Waals surface area contributed by atoms with Gasteiger partial charge in [-0.25, -0.2) is 0 Å². The molecule has 2 aliphatic rings. The first-order valence-corrected chi connectivity index (χ1v) is 6.39. The molecule has 0 aliphatic heterocycles. The fraction of sp³-hybridized carbons (Fsp3) is 0.0556. The molecule has 0 fully saturated rings. The van der Waals surface area contributed by atoms with Crippen molar-refractivity contribution in [3.8, 4) is 11.1 Å². The van der Waals surface area contributed by atoms with Crippen LogP contribution >= 0.6 is 0 Å². The minimum atomic E-state index is 0.171.